The van der Waals surface area contributed by atoms with Crippen LogP contribution < -0.4 is 14.8 Å². The van der Waals surface area contributed by atoms with Gasteiger partial charge in [0.25, 0.3) is 5.91 Å². The molecule has 24 heavy (non-hydrogen) atoms. The smallest absolute Gasteiger partial charge is 0.255 e. The van der Waals surface area contributed by atoms with Crippen LogP contribution in [-0.2, 0) is 18.3 Å². The third kappa shape index (κ3) is 2.71. The zero-order valence-electron chi connectivity index (χ0n) is 13.4. The molecule has 3 heterocycles. The quantitative estimate of drug-likeness (QED) is 0.922. The van der Waals surface area contributed by atoms with E-state index in [1.165, 1.54) is 0 Å². The first kappa shape index (κ1) is 15.0. The Labute approximate surface area is 139 Å². The van der Waals surface area contributed by atoms with Crippen molar-refractivity contribution in [1.82, 2.24) is 15.1 Å². The number of nitrogens with one attached hydrogen (secondary N) is 1. The number of carbonyl (C=O) groups excluding carboxylic acids is 1. The molecule has 1 fully saturated rings. The molecule has 2 aromatic rings. The van der Waals surface area contributed by atoms with Crippen LogP contribution in [-0.4, -0.2) is 35.7 Å². The van der Waals surface area contributed by atoms with Crippen molar-refractivity contribution in [2.24, 2.45) is 7.05 Å². The van der Waals surface area contributed by atoms with Gasteiger partial charge in [-0.2, -0.15) is 5.10 Å². The Hall–Kier alpha value is -2.54. The molecule has 1 N–H and O–H groups in total. The molecule has 2 aliphatic rings. The van der Waals surface area contributed by atoms with E-state index >= 15 is 0 Å². The molecule has 1 aromatic carbocycles. The summed E-state index contributed by atoms with van der Waals surface area (Å²) in [5, 5.41) is 7.41. The largest absolute Gasteiger partial charge is 0.454 e. The van der Waals surface area contributed by atoms with Gasteiger partial charge in [-0.25, -0.2) is 0 Å². The van der Waals surface area contributed by atoms with Gasteiger partial charge in [-0.05, 0) is 12.5 Å². The lowest BCUT2D eigenvalue weighted by Gasteiger charge is -2.09. The van der Waals surface area contributed by atoms with Crippen LogP contribution in [0.5, 0.6) is 11.5 Å². The highest BCUT2D eigenvalue weighted by Gasteiger charge is 2.27. The number of benzene rings is 1. The number of amides is 1. The van der Waals surface area contributed by atoms with Gasteiger partial charge in [0.15, 0.2) is 11.5 Å². The second-order valence-electron chi connectivity index (χ2n) is 6.00. The van der Waals surface area contributed by atoms with Crippen molar-refractivity contribution in [2.45, 2.75) is 18.9 Å². The first-order valence-electron chi connectivity index (χ1n) is 7.99. The van der Waals surface area contributed by atoms with E-state index in [9.17, 15) is 4.79 Å². The second-order valence-corrected chi connectivity index (χ2v) is 6.00. The number of hydrogen-bond acceptors (Lipinski definition) is 5. The first-order chi connectivity index (χ1) is 11.7. The first-order valence-corrected chi connectivity index (χ1v) is 7.99. The number of rotatable bonds is 4. The Morgan fingerprint density at radius 2 is 2.33 bits per heavy atom. The monoisotopic (exact) mass is 329 g/mol. The SMILES string of the molecule is Cn1cc(C(=O)NCc2cccc3c2OCO3)c([C@H]2CCOC2)n1. The molecule has 2 aliphatic heterocycles. The van der Waals surface area contributed by atoms with Crippen LogP contribution >= 0.6 is 0 Å². The van der Waals surface area contributed by atoms with Crippen LogP contribution in [0.15, 0.2) is 24.4 Å². The molecule has 126 valence electrons. The highest BCUT2D eigenvalue weighted by molar-refractivity contribution is 5.95. The molecule has 4 rings (SSSR count). The zero-order chi connectivity index (χ0) is 16.5. The molecule has 1 amide bonds. The van der Waals surface area contributed by atoms with Crippen LogP contribution in [0, 0.1) is 0 Å². The lowest BCUT2D eigenvalue weighted by molar-refractivity contribution is 0.0949. The fourth-order valence-electron chi connectivity index (χ4n) is 3.13. The molecule has 0 radical (unpaired) electrons. The lowest BCUT2D eigenvalue weighted by atomic mass is 10.0. The van der Waals surface area contributed by atoms with E-state index < -0.39 is 0 Å². The van der Waals surface area contributed by atoms with Crippen molar-refractivity contribution in [3.8, 4) is 11.5 Å². The van der Waals surface area contributed by atoms with Gasteiger partial charge < -0.3 is 19.5 Å². The van der Waals surface area contributed by atoms with Gasteiger partial charge in [0.1, 0.15) is 0 Å². The third-order valence-electron chi connectivity index (χ3n) is 4.34. The summed E-state index contributed by atoms with van der Waals surface area (Å²) in [6.45, 7) is 1.93. The van der Waals surface area contributed by atoms with Gasteiger partial charge >= 0.3 is 0 Å². The number of fused-ring (bicyclic) bond motifs is 1. The summed E-state index contributed by atoms with van der Waals surface area (Å²) < 4.78 is 17.9. The van der Waals surface area contributed by atoms with Gasteiger partial charge in [-0.15, -0.1) is 0 Å². The maximum atomic E-state index is 12.6. The molecular formula is C17H19N3O4. The van der Waals surface area contributed by atoms with Crippen LogP contribution in [0.1, 0.15) is 34.0 Å². The molecular weight excluding hydrogens is 310 g/mol. The average Bonchev–Trinajstić information content (AvgIpc) is 3.31. The molecule has 0 unspecified atom stereocenters. The zero-order valence-corrected chi connectivity index (χ0v) is 13.4. The standard InChI is InChI=1S/C17H19N3O4/c1-20-8-13(15(19-20)12-5-6-22-9-12)17(21)18-7-11-3-2-4-14-16(11)24-10-23-14/h2-4,8,12H,5-7,9-10H2,1H3,(H,18,21)/t12-/m0/s1. The van der Waals surface area contributed by atoms with Crippen LogP contribution in [0.4, 0.5) is 0 Å². The highest BCUT2D eigenvalue weighted by atomic mass is 16.7. The van der Waals surface area contributed by atoms with E-state index in [1.54, 1.807) is 10.9 Å². The normalized spacial score (nSPS) is 18.8. The minimum Gasteiger partial charge on any atom is -0.454 e. The molecule has 0 aliphatic carbocycles. The van der Waals surface area contributed by atoms with Crippen molar-refractivity contribution in [1.29, 1.82) is 0 Å². The fraction of sp³-hybridized carbons (Fsp3) is 0.412. The molecule has 0 spiro atoms. The highest BCUT2D eigenvalue weighted by Crippen LogP contribution is 2.35. The van der Waals surface area contributed by atoms with Gasteiger partial charge in [0, 0.05) is 37.9 Å². The van der Waals surface area contributed by atoms with E-state index in [-0.39, 0.29) is 18.6 Å². The third-order valence-corrected chi connectivity index (χ3v) is 4.34. The van der Waals surface area contributed by atoms with Gasteiger partial charge in [-0.3, -0.25) is 9.48 Å². The van der Waals surface area contributed by atoms with Crippen molar-refractivity contribution in [2.75, 3.05) is 20.0 Å². The number of para-hydroxylation sites is 1. The van der Waals surface area contributed by atoms with E-state index in [1.807, 2.05) is 25.2 Å². The average molecular weight is 329 g/mol. The van der Waals surface area contributed by atoms with Crippen LogP contribution in [0.25, 0.3) is 0 Å². The minimum atomic E-state index is -0.137. The van der Waals surface area contributed by atoms with Crippen LogP contribution in [0.3, 0.4) is 0 Å². The summed E-state index contributed by atoms with van der Waals surface area (Å²) in [4.78, 5) is 12.6. The molecule has 7 nitrogen and oxygen atoms in total. The van der Waals surface area contributed by atoms with Crippen LogP contribution in [0.2, 0.25) is 0 Å². The maximum absolute atomic E-state index is 12.6. The summed E-state index contributed by atoms with van der Waals surface area (Å²) >= 11 is 0. The Balaban J connectivity index is 1.50. The topological polar surface area (TPSA) is 74.6 Å². The predicted molar refractivity (Wildman–Crippen MR) is 85.1 cm³/mol. The van der Waals surface area contributed by atoms with Gasteiger partial charge in [0.2, 0.25) is 6.79 Å². The van der Waals surface area contributed by atoms with Crippen molar-refractivity contribution in [3.05, 3.63) is 41.2 Å². The van der Waals surface area contributed by atoms with Crippen molar-refractivity contribution < 1.29 is 19.0 Å². The number of nitrogens with zero attached hydrogens (tertiary/aromatic N) is 2. The predicted octanol–water partition coefficient (Wildman–Crippen LogP) is 1.58. The maximum Gasteiger partial charge on any atom is 0.255 e. The van der Waals surface area contributed by atoms with Crippen molar-refractivity contribution in [3.63, 3.8) is 0 Å². The van der Waals surface area contributed by atoms with E-state index in [0.29, 0.717) is 30.2 Å². The van der Waals surface area contributed by atoms with E-state index in [0.717, 1.165) is 24.3 Å². The number of carbonyl (C=O) groups is 1. The summed E-state index contributed by atoms with van der Waals surface area (Å²) in [5.74, 6) is 1.46. The molecule has 1 saturated heterocycles. The number of aryl methyl sites for hydroxylation is 1. The summed E-state index contributed by atoms with van der Waals surface area (Å²) in [7, 11) is 1.82. The van der Waals surface area contributed by atoms with Gasteiger partial charge in [0.05, 0.1) is 17.9 Å². The molecule has 7 heteroatoms. The molecule has 0 bridgehead atoms. The number of hydrogen-bond donors (Lipinski definition) is 1. The molecule has 0 saturated carbocycles. The molecule has 1 aromatic heterocycles. The summed E-state index contributed by atoms with van der Waals surface area (Å²) in [5.41, 5.74) is 2.32. The Morgan fingerprint density at radius 3 is 3.17 bits per heavy atom. The second kappa shape index (κ2) is 6.16. The minimum absolute atomic E-state index is 0.137. The fourth-order valence-corrected chi connectivity index (χ4v) is 3.13. The van der Waals surface area contributed by atoms with E-state index in [4.69, 9.17) is 14.2 Å². The number of ether oxygens (including phenoxy) is 3. The van der Waals surface area contributed by atoms with E-state index in [2.05, 4.69) is 10.4 Å². The summed E-state index contributed by atoms with van der Waals surface area (Å²) in [6, 6.07) is 5.66. The lowest BCUT2D eigenvalue weighted by Crippen LogP contribution is -2.24. The Kier molecular flexibility index (Phi) is 3.86. The van der Waals surface area contributed by atoms with Crippen molar-refractivity contribution >= 4 is 5.91 Å². The Bertz CT molecular complexity index is 765. The Morgan fingerprint density at radius 1 is 1.42 bits per heavy atom. The summed E-state index contributed by atoms with van der Waals surface area (Å²) in [6.07, 6.45) is 2.66. The van der Waals surface area contributed by atoms with Gasteiger partial charge in [-0.1, -0.05) is 12.1 Å². The molecule has 1 atom stereocenters. The number of aromatic nitrogens is 2.